The number of nitrogens with one attached hydrogen (secondary N) is 1. The quantitative estimate of drug-likeness (QED) is 0.464. The van der Waals surface area contributed by atoms with Gasteiger partial charge in [0.1, 0.15) is 12.4 Å². The van der Waals surface area contributed by atoms with Crippen LogP contribution in [0.4, 0.5) is 4.39 Å². The van der Waals surface area contributed by atoms with Gasteiger partial charge in [0.15, 0.2) is 11.5 Å². The van der Waals surface area contributed by atoms with Crippen molar-refractivity contribution in [3.63, 3.8) is 0 Å². The molecule has 3 aromatic rings. The van der Waals surface area contributed by atoms with E-state index in [0.29, 0.717) is 36.2 Å². The van der Waals surface area contributed by atoms with Gasteiger partial charge >= 0.3 is 0 Å². The van der Waals surface area contributed by atoms with Gasteiger partial charge in [-0.05, 0) is 47.9 Å². The van der Waals surface area contributed by atoms with Crippen molar-refractivity contribution in [1.29, 1.82) is 0 Å². The van der Waals surface area contributed by atoms with Crippen LogP contribution in [0, 0.1) is 12.7 Å². The van der Waals surface area contributed by atoms with Gasteiger partial charge in [-0.1, -0.05) is 53.6 Å². The van der Waals surface area contributed by atoms with E-state index in [9.17, 15) is 4.39 Å². The number of hydrogen-bond donors (Lipinski definition) is 1. The molecule has 0 atom stereocenters. The number of rotatable bonds is 8. The molecule has 0 fully saturated rings. The number of methoxy groups -OCH3 is 1. The molecule has 0 aliphatic heterocycles. The summed E-state index contributed by atoms with van der Waals surface area (Å²) in [5.74, 6) is 0.895. The minimum Gasteiger partial charge on any atom is -0.493 e. The summed E-state index contributed by atoms with van der Waals surface area (Å²) in [6.07, 6.45) is 0. The maximum atomic E-state index is 13.0. The number of benzene rings is 3. The molecule has 3 nitrogen and oxygen atoms in total. The topological polar surface area (TPSA) is 30.5 Å². The first-order valence-corrected chi connectivity index (χ1v) is 9.43. The van der Waals surface area contributed by atoms with Gasteiger partial charge in [-0.15, -0.1) is 12.4 Å². The van der Waals surface area contributed by atoms with E-state index in [1.807, 2.05) is 43.3 Å². The Labute approximate surface area is 182 Å². The van der Waals surface area contributed by atoms with Crippen molar-refractivity contribution in [3.05, 3.63) is 93.8 Å². The third kappa shape index (κ3) is 6.64. The minimum atomic E-state index is -0.235. The lowest BCUT2D eigenvalue weighted by atomic mass is 10.1. The van der Waals surface area contributed by atoms with Crippen molar-refractivity contribution >= 4 is 24.0 Å². The molecule has 1 N–H and O–H groups in total. The van der Waals surface area contributed by atoms with Crippen LogP contribution in [-0.4, -0.2) is 7.11 Å². The monoisotopic (exact) mass is 435 g/mol. The van der Waals surface area contributed by atoms with Crippen molar-refractivity contribution in [3.8, 4) is 11.5 Å². The Hall–Kier alpha value is -2.27. The summed E-state index contributed by atoms with van der Waals surface area (Å²) >= 11 is 6.44. The molecule has 3 aromatic carbocycles. The summed E-state index contributed by atoms with van der Waals surface area (Å²) in [5.41, 5.74) is 4.26. The van der Waals surface area contributed by atoms with Gasteiger partial charge < -0.3 is 14.8 Å². The second-order valence-corrected chi connectivity index (χ2v) is 7.02. The SMILES string of the molecule is COc1cc(CNCc2ccc(F)cc2)cc(Cl)c1OCc1ccc(C)cc1.Cl. The molecule has 0 aromatic heterocycles. The van der Waals surface area contributed by atoms with Crippen molar-refractivity contribution < 1.29 is 13.9 Å². The fourth-order valence-electron chi connectivity index (χ4n) is 2.81. The van der Waals surface area contributed by atoms with Crippen LogP contribution >= 0.6 is 24.0 Å². The van der Waals surface area contributed by atoms with E-state index in [2.05, 4.69) is 5.32 Å². The zero-order chi connectivity index (χ0) is 19.9. The van der Waals surface area contributed by atoms with E-state index >= 15 is 0 Å². The molecule has 0 spiro atoms. The highest BCUT2D eigenvalue weighted by Crippen LogP contribution is 2.37. The largest absolute Gasteiger partial charge is 0.493 e. The Balaban J connectivity index is 0.00000300. The van der Waals surface area contributed by atoms with E-state index in [1.165, 1.54) is 17.7 Å². The standard InChI is InChI=1S/C23H23ClFNO2.ClH/c1-16-3-5-18(6-4-16)15-28-23-21(24)11-19(12-22(23)27-2)14-26-13-17-7-9-20(25)10-8-17;/h3-12,26H,13-15H2,1-2H3;1H. The maximum absolute atomic E-state index is 13.0. The second-order valence-electron chi connectivity index (χ2n) is 6.61. The lowest BCUT2D eigenvalue weighted by molar-refractivity contribution is 0.284. The maximum Gasteiger partial charge on any atom is 0.180 e. The molecule has 0 heterocycles. The fourth-order valence-corrected chi connectivity index (χ4v) is 3.10. The molecule has 0 amide bonds. The van der Waals surface area contributed by atoms with Crippen LogP contribution in [-0.2, 0) is 19.7 Å². The highest BCUT2D eigenvalue weighted by molar-refractivity contribution is 6.32. The molecule has 0 aliphatic carbocycles. The molecule has 29 heavy (non-hydrogen) atoms. The molecule has 3 rings (SSSR count). The number of ether oxygens (including phenoxy) is 2. The summed E-state index contributed by atoms with van der Waals surface area (Å²) in [6.45, 7) is 3.70. The van der Waals surface area contributed by atoms with Crippen molar-refractivity contribution in [2.24, 2.45) is 0 Å². The number of aryl methyl sites for hydroxylation is 1. The van der Waals surface area contributed by atoms with Crippen LogP contribution < -0.4 is 14.8 Å². The molecule has 0 saturated carbocycles. The number of halogens is 3. The lowest BCUT2D eigenvalue weighted by Crippen LogP contribution is -2.13. The third-order valence-electron chi connectivity index (χ3n) is 4.36. The first kappa shape index (κ1) is 23.0. The Kier molecular flexibility index (Phi) is 8.77. The predicted molar refractivity (Wildman–Crippen MR) is 118 cm³/mol. The molecule has 0 bridgehead atoms. The Bertz CT molecular complexity index is 915. The van der Waals surface area contributed by atoms with Gasteiger partial charge in [0.25, 0.3) is 0 Å². The Morgan fingerprint density at radius 3 is 2.17 bits per heavy atom. The van der Waals surface area contributed by atoms with Gasteiger partial charge in [0.2, 0.25) is 0 Å². The highest BCUT2D eigenvalue weighted by atomic mass is 35.5. The van der Waals surface area contributed by atoms with Gasteiger partial charge in [-0.25, -0.2) is 4.39 Å². The van der Waals surface area contributed by atoms with Gasteiger partial charge in [0, 0.05) is 13.1 Å². The molecule has 0 aliphatic rings. The Morgan fingerprint density at radius 2 is 1.52 bits per heavy atom. The van der Waals surface area contributed by atoms with E-state index in [4.69, 9.17) is 21.1 Å². The van der Waals surface area contributed by atoms with Gasteiger partial charge in [0.05, 0.1) is 12.1 Å². The average Bonchev–Trinajstić information content (AvgIpc) is 2.69. The third-order valence-corrected chi connectivity index (χ3v) is 4.65. The molecular weight excluding hydrogens is 412 g/mol. The first-order chi connectivity index (χ1) is 13.5. The number of hydrogen-bond acceptors (Lipinski definition) is 3. The Morgan fingerprint density at radius 1 is 0.897 bits per heavy atom. The molecule has 0 radical (unpaired) electrons. The normalized spacial score (nSPS) is 10.3. The summed E-state index contributed by atoms with van der Waals surface area (Å²) in [7, 11) is 1.60. The minimum absolute atomic E-state index is 0. The van der Waals surface area contributed by atoms with Gasteiger partial charge in [-0.3, -0.25) is 0 Å². The van der Waals surface area contributed by atoms with E-state index in [-0.39, 0.29) is 18.2 Å². The molecule has 6 heteroatoms. The van der Waals surface area contributed by atoms with Crippen LogP contribution in [0.1, 0.15) is 22.3 Å². The molecule has 0 saturated heterocycles. The predicted octanol–water partition coefficient (Wildman–Crippen LogP) is 6.09. The van der Waals surface area contributed by atoms with Crippen LogP contribution in [0.15, 0.2) is 60.7 Å². The zero-order valence-corrected chi connectivity index (χ0v) is 17.9. The molecule has 154 valence electrons. The van der Waals surface area contributed by atoms with Crippen LogP contribution in [0.2, 0.25) is 5.02 Å². The van der Waals surface area contributed by atoms with E-state index in [0.717, 1.165) is 16.7 Å². The first-order valence-electron chi connectivity index (χ1n) is 9.05. The van der Waals surface area contributed by atoms with Crippen LogP contribution in [0.25, 0.3) is 0 Å². The smallest absolute Gasteiger partial charge is 0.180 e. The lowest BCUT2D eigenvalue weighted by Gasteiger charge is -2.15. The zero-order valence-electron chi connectivity index (χ0n) is 16.4. The van der Waals surface area contributed by atoms with Crippen molar-refractivity contribution in [1.82, 2.24) is 5.32 Å². The summed E-state index contributed by atoms with van der Waals surface area (Å²) in [5, 5.41) is 3.83. The van der Waals surface area contributed by atoms with Crippen LogP contribution in [0.3, 0.4) is 0 Å². The molecule has 0 unspecified atom stereocenters. The van der Waals surface area contributed by atoms with Crippen molar-refractivity contribution in [2.45, 2.75) is 26.6 Å². The summed E-state index contributed by atoms with van der Waals surface area (Å²) in [6, 6.07) is 18.4. The van der Waals surface area contributed by atoms with E-state index in [1.54, 1.807) is 19.2 Å². The molecular formula is C23H24Cl2FNO2. The summed E-state index contributed by atoms with van der Waals surface area (Å²) in [4.78, 5) is 0. The van der Waals surface area contributed by atoms with E-state index < -0.39 is 0 Å². The highest BCUT2D eigenvalue weighted by Gasteiger charge is 2.12. The van der Waals surface area contributed by atoms with Crippen molar-refractivity contribution in [2.75, 3.05) is 7.11 Å². The fraction of sp³-hybridized carbons (Fsp3) is 0.217. The summed E-state index contributed by atoms with van der Waals surface area (Å²) < 4.78 is 24.4. The second kappa shape index (κ2) is 11.1. The van der Waals surface area contributed by atoms with Crippen LogP contribution in [0.5, 0.6) is 11.5 Å². The average molecular weight is 436 g/mol. The van der Waals surface area contributed by atoms with Gasteiger partial charge in [-0.2, -0.15) is 0 Å².